The zero-order valence-electron chi connectivity index (χ0n) is 11.7. The van der Waals surface area contributed by atoms with Gasteiger partial charge in [-0.2, -0.15) is 0 Å². The number of nitrogen functional groups attached to an aromatic ring is 1. The van der Waals surface area contributed by atoms with Gasteiger partial charge < -0.3 is 5.73 Å². The molecule has 0 bridgehead atoms. The van der Waals surface area contributed by atoms with Gasteiger partial charge in [0, 0.05) is 14.6 Å². The van der Waals surface area contributed by atoms with Crippen molar-refractivity contribution in [1.82, 2.24) is 0 Å². The molecule has 0 spiro atoms. The first-order chi connectivity index (χ1) is 10.2. The molecule has 0 heterocycles. The van der Waals surface area contributed by atoms with Crippen LogP contribution >= 0.6 is 22.6 Å². The molecule has 0 aliphatic carbocycles. The maximum absolute atomic E-state index is 6.28. The molecule has 3 heteroatoms. The summed E-state index contributed by atoms with van der Waals surface area (Å²) in [5, 5.41) is 7.74. The molecular formula is C18H13BIN. The van der Waals surface area contributed by atoms with Crippen molar-refractivity contribution in [3.05, 3.63) is 58.2 Å². The van der Waals surface area contributed by atoms with E-state index in [0.29, 0.717) is 0 Å². The standard InChI is InChI=1S/C18H13BIN/c19-15-9-14-12-7-2-1-5-10(12)11-6-3-4-8-13(11)16(14)17(20)18(15)21/h1-9H,19,21H2. The number of hydrogen-bond acceptors (Lipinski definition) is 1. The van der Waals surface area contributed by atoms with Gasteiger partial charge in [-0.15, -0.1) is 0 Å². The summed E-state index contributed by atoms with van der Waals surface area (Å²) in [4.78, 5) is 0. The minimum atomic E-state index is 0.892. The summed E-state index contributed by atoms with van der Waals surface area (Å²) in [6, 6.07) is 19.4. The number of benzene rings is 4. The lowest BCUT2D eigenvalue weighted by Gasteiger charge is -2.14. The lowest BCUT2D eigenvalue weighted by atomic mass is 9.87. The van der Waals surface area contributed by atoms with Crippen LogP contribution in [0.2, 0.25) is 0 Å². The highest BCUT2D eigenvalue weighted by Gasteiger charge is 2.13. The fourth-order valence-electron chi connectivity index (χ4n) is 3.16. The number of hydrogen-bond donors (Lipinski definition) is 1. The first kappa shape index (κ1) is 13.0. The van der Waals surface area contributed by atoms with Gasteiger partial charge in [-0.25, -0.2) is 0 Å². The third-order valence-electron chi connectivity index (χ3n) is 4.21. The number of fused-ring (bicyclic) bond motifs is 6. The molecule has 0 saturated heterocycles. The van der Waals surface area contributed by atoms with Crippen LogP contribution in [-0.2, 0) is 0 Å². The summed E-state index contributed by atoms with van der Waals surface area (Å²) in [5.41, 5.74) is 8.31. The van der Waals surface area contributed by atoms with Crippen molar-refractivity contribution >= 4 is 73.9 Å². The van der Waals surface area contributed by atoms with Crippen molar-refractivity contribution in [3.8, 4) is 0 Å². The van der Waals surface area contributed by atoms with Crippen LogP contribution in [-0.4, -0.2) is 7.85 Å². The van der Waals surface area contributed by atoms with E-state index in [1.54, 1.807) is 0 Å². The van der Waals surface area contributed by atoms with Crippen LogP contribution in [0.15, 0.2) is 54.6 Å². The van der Waals surface area contributed by atoms with Crippen LogP contribution in [0.25, 0.3) is 32.3 Å². The summed E-state index contributed by atoms with van der Waals surface area (Å²) in [6.07, 6.45) is 0. The van der Waals surface area contributed by atoms with Gasteiger partial charge >= 0.3 is 0 Å². The van der Waals surface area contributed by atoms with Gasteiger partial charge in [0.2, 0.25) is 0 Å². The van der Waals surface area contributed by atoms with Gasteiger partial charge in [0.1, 0.15) is 7.85 Å². The Morgan fingerprint density at radius 3 is 1.86 bits per heavy atom. The molecule has 1 nitrogen and oxygen atoms in total. The maximum atomic E-state index is 6.28. The molecule has 0 atom stereocenters. The molecule has 21 heavy (non-hydrogen) atoms. The quantitative estimate of drug-likeness (QED) is 0.214. The minimum Gasteiger partial charge on any atom is -0.398 e. The van der Waals surface area contributed by atoms with Gasteiger partial charge in [-0.05, 0) is 49.5 Å². The summed E-state index contributed by atoms with van der Waals surface area (Å²) in [7, 11) is 2.08. The SMILES string of the molecule is Bc1cc2c3ccccc3c3ccccc3c2c(I)c1N. The molecule has 0 aliphatic rings. The predicted molar refractivity (Wildman–Crippen MR) is 104 cm³/mol. The second-order valence-corrected chi connectivity index (χ2v) is 6.51. The number of anilines is 1. The highest BCUT2D eigenvalue weighted by molar-refractivity contribution is 14.1. The van der Waals surface area contributed by atoms with Gasteiger partial charge in [0.05, 0.1) is 0 Å². The molecule has 100 valence electrons. The van der Waals surface area contributed by atoms with Crippen LogP contribution in [0, 0.1) is 3.57 Å². The molecule has 4 rings (SSSR count). The molecule has 0 unspecified atom stereocenters. The molecule has 4 aromatic rings. The fourth-order valence-corrected chi connectivity index (χ4v) is 4.16. The lowest BCUT2D eigenvalue weighted by Crippen LogP contribution is -2.12. The van der Waals surface area contributed by atoms with Crippen molar-refractivity contribution in [2.24, 2.45) is 0 Å². The van der Waals surface area contributed by atoms with Crippen molar-refractivity contribution in [3.63, 3.8) is 0 Å². The normalized spacial score (nSPS) is 11.5. The molecule has 2 N–H and O–H groups in total. The van der Waals surface area contributed by atoms with E-state index in [1.165, 1.54) is 32.3 Å². The van der Waals surface area contributed by atoms with Crippen LogP contribution in [0.5, 0.6) is 0 Å². The molecule has 0 radical (unpaired) electrons. The molecule has 0 fully saturated rings. The Bertz CT molecular complexity index is 1020. The topological polar surface area (TPSA) is 26.0 Å². The highest BCUT2D eigenvalue weighted by Crippen LogP contribution is 2.37. The monoisotopic (exact) mass is 381 g/mol. The Morgan fingerprint density at radius 1 is 0.762 bits per heavy atom. The number of halogens is 1. The van der Waals surface area contributed by atoms with E-state index in [2.05, 4.69) is 85.0 Å². The zero-order valence-corrected chi connectivity index (χ0v) is 13.8. The lowest BCUT2D eigenvalue weighted by molar-refractivity contribution is 1.75. The summed E-state index contributed by atoms with van der Waals surface area (Å²) < 4.78 is 1.16. The Balaban J connectivity index is 2.46. The third kappa shape index (κ3) is 1.77. The number of rotatable bonds is 0. The van der Waals surface area contributed by atoms with Crippen LogP contribution in [0.1, 0.15) is 0 Å². The largest absolute Gasteiger partial charge is 0.398 e. The smallest absolute Gasteiger partial charge is 0.142 e. The Hall–Kier alpha value is -1.75. The highest BCUT2D eigenvalue weighted by atomic mass is 127. The van der Waals surface area contributed by atoms with Crippen molar-refractivity contribution in [2.45, 2.75) is 0 Å². The number of nitrogens with two attached hydrogens (primary N) is 1. The molecule has 4 aromatic carbocycles. The van der Waals surface area contributed by atoms with Crippen LogP contribution < -0.4 is 11.2 Å². The van der Waals surface area contributed by atoms with E-state index in [0.717, 1.165) is 14.7 Å². The Labute approximate surface area is 137 Å². The van der Waals surface area contributed by atoms with E-state index < -0.39 is 0 Å². The second kappa shape index (κ2) is 4.63. The van der Waals surface area contributed by atoms with Crippen molar-refractivity contribution < 1.29 is 0 Å². The first-order valence-corrected chi connectivity index (χ1v) is 8.04. The Morgan fingerprint density at radius 2 is 1.24 bits per heavy atom. The molecule has 0 aromatic heterocycles. The second-order valence-electron chi connectivity index (χ2n) is 5.43. The maximum Gasteiger partial charge on any atom is 0.142 e. The third-order valence-corrected chi connectivity index (χ3v) is 5.34. The molecule has 0 saturated carbocycles. The summed E-state index contributed by atoms with van der Waals surface area (Å²) in [5.74, 6) is 0. The average molecular weight is 381 g/mol. The van der Waals surface area contributed by atoms with Gasteiger partial charge in [0.15, 0.2) is 0 Å². The van der Waals surface area contributed by atoms with Gasteiger partial charge in [-0.3, -0.25) is 0 Å². The van der Waals surface area contributed by atoms with Crippen LogP contribution in [0.4, 0.5) is 5.69 Å². The summed E-state index contributed by atoms with van der Waals surface area (Å²) in [6.45, 7) is 0. The molecule has 0 aliphatic heterocycles. The fraction of sp³-hybridized carbons (Fsp3) is 0. The summed E-state index contributed by atoms with van der Waals surface area (Å²) >= 11 is 2.38. The minimum absolute atomic E-state index is 0.892. The predicted octanol–water partition coefficient (Wildman–Crippen LogP) is 3.59. The van der Waals surface area contributed by atoms with Crippen LogP contribution in [0.3, 0.4) is 0 Å². The van der Waals surface area contributed by atoms with Crippen molar-refractivity contribution in [2.75, 3.05) is 5.73 Å². The van der Waals surface area contributed by atoms with Gasteiger partial charge in [0.25, 0.3) is 0 Å². The van der Waals surface area contributed by atoms with E-state index in [-0.39, 0.29) is 0 Å². The zero-order chi connectivity index (χ0) is 14.6. The van der Waals surface area contributed by atoms with Crippen molar-refractivity contribution in [1.29, 1.82) is 0 Å². The van der Waals surface area contributed by atoms with E-state index in [9.17, 15) is 0 Å². The average Bonchev–Trinajstić information content (AvgIpc) is 2.52. The van der Waals surface area contributed by atoms with E-state index >= 15 is 0 Å². The van der Waals surface area contributed by atoms with Gasteiger partial charge in [-0.1, -0.05) is 60.1 Å². The van der Waals surface area contributed by atoms with E-state index in [4.69, 9.17) is 5.73 Å². The molecule has 0 amide bonds. The van der Waals surface area contributed by atoms with E-state index in [1.807, 2.05) is 0 Å². The first-order valence-electron chi connectivity index (χ1n) is 6.96. The molecular weight excluding hydrogens is 368 g/mol. The Kier molecular flexibility index (Phi) is 2.86.